The first-order valence-electron chi connectivity index (χ1n) is 9.62. The van der Waals surface area contributed by atoms with Crippen molar-refractivity contribution < 1.29 is 13.2 Å². The minimum Gasteiger partial charge on any atom is -0.319 e. The molecule has 1 heterocycles. The molecule has 2 N–H and O–H groups in total. The molecule has 1 amide bonds. The Morgan fingerprint density at radius 3 is 2.41 bits per heavy atom. The van der Waals surface area contributed by atoms with E-state index in [1.165, 1.54) is 30.3 Å². The van der Waals surface area contributed by atoms with Crippen molar-refractivity contribution in [1.82, 2.24) is 9.78 Å². The van der Waals surface area contributed by atoms with Gasteiger partial charge in [0.25, 0.3) is 15.9 Å². The topological polar surface area (TPSA) is 93.1 Å². The van der Waals surface area contributed by atoms with Gasteiger partial charge in [-0.15, -0.1) is 0 Å². The zero-order valence-electron chi connectivity index (χ0n) is 17.0. The quantitative estimate of drug-likeness (QED) is 0.423. The van der Waals surface area contributed by atoms with Crippen molar-refractivity contribution in [2.45, 2.75) is 11.8 Å². The number of anilines is 2. The second kappa shape index (κ2) is 8.86. The summed E-state index contributed by atoms with van der Waals surface area (Å²) in [6, 6.07) is 19.9. The van der Waals surface area contributed by atoms with E-state index in [4.69, 9.17) is 11.6 Å². The molecule has 0 radical (unpaired) electrons. The van der Waals surface area contributed by atoms with Crippen LogP contribution in [0.4, 0.5) is 11.4 Å². The van der Waals surface area contributed by atoms with Gasteiger partial charge in [-0.2, -0.15) is 5.10 Å². The van der Waals surface area contributed by atoms with Crippen LogP contribution < -0.4 is 10.0 Å². The van der Waals surface area contributed by atoms with E-state index >= 15 is 0 Å². The van der Waals surface area contributed by atoms with Gasteiger partial charge < -0.3 is 5.32 Å². The molecular weight excluding hydrogens is 448 g/mol. The number of carbonyl (C=O) groups excluding carboxylic acids is 1. The minimum absolute atomic E-state index is 0.0697. The number of rotatable bonds is 6. The Labute approximate surface area is 190 Å². The molecule has 0 atom stereocenters. The molecule has 0 aliphatic rings. The largest absolute Gasteiger partial charge is 0.319 e. The Balaban J connectivity index is 1.48. The highest BCUT2D eigenvalue weighted by atomic mass is 35.5. The summed E-state index contributed by atoms with van der Waals surface area (Å²) >= 11 is 5.82. The highest BCUT2D eigenvalue weighted by Crippen LogP contribution is 2.20. The van der Waals surface area contributed by atoms with Gasteiger partial charge in [-0.1, -0.05) is 35.4 Å². The van der Waals surface area contributed by atoms with Crippen LogP contribution in [0.25, 0.3) is 5.69 Å². The third kappa shape index (κ3) is 4.99. The number of hydrogen-bond acceptors (Lipinski definition) is 4. The van der Waals surface area contributed by atoms with Crippen molar-refractivity contribution in [1.29, 1.82) is 0 Å². The number of aromatic nitrogens is 2. The molecule has 9 heteroatoms. The van der Waals surface area contributed by atoms with Crippen molar-refractivity contribution >= 4 is 38.9 Å². The van der Waals surface area contributed by atoms with Gasteiger partial charge in [0.15, 0.2) is 0 Å². The van der Waals surface area contributed by atoms with Gasteiger partial charge in [-0.05, 0) is 61.5 Å². The van der Waals surface area contributed by atoms with Gasteiger partial charge in [-0.3, -0.25) is 9.52 Å². The first kappa shape index (κ1) is 21.6. The zero-order chi connectivity index (χ0) is 22.7. The normalized spacial score (nSPS) is 11.2. The number of nitrogens with one attached hydrogen (secondary N) is 2. The Bertz CT molecular complexity index is 1370. The molecule has 0 aliphatic heterocycles. The maximum Gasteiger partial charge on any atom is 0.261 e. The van der Waals surface area contributed by atoms with Crippen LogP contribution in [0.3, 0.4) is 0 Å². The number of hydrogen-bond donors (Lipinski definition) is 2. The molecular formula is C23H19ClN4O3S. The number of nitrogens with zero attached hydrogens (tertiary/aromatic N) is 2. The van der Waals surface area contributed by atoms with Crippen LogP contribution in [0.15, 0.2) is 90.1 Å². The van der Waals surface area contributed by atoms with Gasteiger partial charge in [0, 0.05) is 16.3 Å². The van der Waals surface area contributed by atoms with Crippen LogP contribution >= 0.6 is 11.6 Å². The van der Waals surface area contributed by atoms with Gasteiger partial charge in [-0.25, -0.2) is 13.1 Å². The smallest absolute Gasteiger partial charge is 0.261 e. The summed E-state index contributed by atoms with van der Waals surface area (Å²) in [5.41, 5.74) is 3.09. The number of amides is 1. The first-order valence-corrected chi connectivity index (χ1v) is 11.5. The maximum absolute atomic E-state index is 12.7. The standard InChI is InChI=1S/C23H19ClN4O3S/c1-16-5-9-21(10-6-16)28-15-20(14-25-28)26-23(29)17-3-2-4-19(13-17)27-32(30,31)22-11-7-18(24)8-12-22/h2-15,27H,1H3,(H,26,29). The Morgan fingerprint density at radius 1 is 0.969 bits per heavy atom. The molecule has 0 unspecified atom stereocenters. The fourth-order valence-corrected chi connectivity index (χ4v) is 4.16. The summed E-state index contributed by atoms with van der Waals surface area (Å²) in [4.78, 5) is 12.8. The van der Waals surface area contributed by atoms with Crippen LogP contribution in [-0.4, -0.2) is 24.1 Å². The lowest BCUT2D eigenvalue weighted by atomic mass is 10.2. The zero-order valence-corrected chi connectivity index (χ0v) is 18.6. The van der Waals surface area contributed by atoms with E-state index in [-0.39, 0.29) is 16.5 Å². The van der Waals surface area contributed by atoms with Crippen molar-refractivity contribution in [3.8, 4) is 5.69 Å². The lowest BCUT2D eigenvalue weighted by Crippen LogP contribution is -2.15. The first-order chi connectivity index (χ1) is 15.3. The van der Waals surface area contributed by atoms with Gasteiger partial charge >= 0.3 is 0 Å². The van der Waals surface area contributed by atoms with Gasteiger partial charge in [0.2, 0.25) is 0 Å². The predicted octanol–water partition coefficient (Wildman–Crippen LogP) is 4.89. The lowest BCUT2D eigenvalue weighted by molar-refractivity contribution is 0.102. The van der Waals surface area contributed by atoms with Crippen molar-refractivity contribution in [2.24, 2.45) is 0 Å². The molecule has 4 aromatic rings. The summed E-state index contributed by atoms with van der Waals surface area (Å²) in [7, 11) is -3.82. The maximum atomic E-state index is 12.7. The van der Waals surface area contributed by atoms with Crippen molar-refractivity contribution in [2.75, 3.05) is 10.0 Å². The predicted molar refractivity (Wildman–Crippen MR) is 125 cm³/mol. The molecule has 0 aliphatic carbocycles. The van der Waals surface area contributed by atoms with E-state index in [0.29, 0.717) is 16.3 Å². The van der Waals surface area contributed by atoms with Crippen molar-refractivity contribution in [3.63, 3.8) is 0 Å². The van der Waals surface area contributed by atoms with E-state index in [1.807, 2.05) is 31.2 Å². The Morgan fingerprint density at radius 2 is 1.69 bits per heavy atom. The molecule has 0 fully saturated rings. The average Bonchev–Trinajstić information content (AvgIpc) is 3.23. The highest BCUT2D eigenvalue weighted by Gasteiger charge is 2.15. The molecule has 0 bridgehead atoms. The second-order valence-corrected chi connectivity index (χ2v) is 9.22. The number of benzene rings is 3. The van der Waals surface area contributed by atoms with Gasteiger partial charge in [0.05, 0.1) is 28.7 Å². The summed E-state index contributed by atoms with van der Waals surface area (Å²) in [5, 5.41) is 7.48. The third-order valence-electron chi connectivity index (χ3n) is 4.64. The number of aryl methyl sites for hydroxylation is 1. The summed E-state index contributed by atoms with van der Waals surface area (Å²) in [5.74, 6) is -0.388. The van der Waals surface area contributed by atoms with Crippen LogP contribution in [0, 0.1) is 6.92 Å². The fraction of sp³-hybridized carbons (Fsp3) is 0.0435. The van der Waals surface area contributed by atoms with E-state index in [0.717, 1.165) is 11.3 Å². The van der Waals surface area contributed by atoms with Crippen LogP contribution in [-0.2, 0) is 10.0 Å². The van der Waals surface area contributed by atoms with Crippen LogP contribution in [0.1, 0.15) is 15.9 Å². The van der Waals surface area contributed by atoms with Crippen LogP contribution in [0.2, 0.25) is 5.02 Å². The van der Waals surface area contributed by atoms with E-state index in [1.54, 1.807) is 35.3 Å². The Kier molecular flexibility index (Phi) is 5.98. The summed E-state index contributed by atoms with van der Waals surface area (Å²) in [6.07, 6.45) is 3.25. The van der Waals surface area contributed by atoms with Crippen LogP contribution in [0.5, 0.6) is 0 Å². The fourth-order valence-electron chi connectivity index (χ4n) is 2.98. The number of sulfonamides is 1. The number of halogens is 1. The molecule has 1 aromatic heterocycles. The molecule has 3 aromatic carbocycles. The number of carbonyl (C=O) groups is 1. The minimum atomic E-state index is -3.82. The summed E-state index contributed by atoms with van der Waals surface area (Å²) in [6.45, 7) is 2.00. The van der Waals surface area contributed by atoms with Gasteiger partial charge in [0.1, 0.15) is 0 Å². The lowest BCUT2D eigenvalue weighted by Gasteiger charge is -2.10. The molecule has 162 valence electrons. The Hall–Kier alpha value is -3.62. The molecule has 0 saturated heterocycles. The summed E-state index contributed by atoms with van der Waals surface area (Å²) < 4.78 is 29.3. The molecule has 0 spiro atoms. The van der Waals surface area contributed by atoms with E-state index in [2.05, 4.69) is 15.1 Å². The molecule has 0 saturated carbocycles. The van der Waals surface area contributed by atoms with Crippen molar-refractivity contribution in [3.05, 3.63) is 101 Å². The molecule has 32 heavy (non-hydrogen) atoms. The third-order valence-corrected chi connectivity index (χ3v) is 6.29. The second-order valence-electron chi connectivity index (χ2n) is 7.10. The average molecular weight is 467 g/mol. The highest BCUT2D eigenvalue weighted by molar-refractivity contribution is 7.92. The molecule has 4 rings (SSSR count). The van der Waals surface area contributed by atoms with E-state index < -0.39 is 10.0 Å². The monoisotopic (exact) mass is 466 g/mol. The molecule has 7 nitrogen and oxygen atoms in total. The SMILES string of the molecule is Cc1ccc(-n2cc(NC(=O)c3cccc(NS(=O)(=O)c4ccc(Cl)cc4)c3)cn2)cc1. The van der Waals surface area contributed by atoms with E-state index in [9.17, 15) is 13.2 Å².